The highest BCUT2D eigenvalue weighted by molar-refractivity contribution is 7.92. The summed E-state index contributed by atoms with van der Waals surface area (Å²) in [6, 6.07) is 11.0. The van der Waals surface area contributed by atoms with Gasteiger partial charge in [0.2, 0.25) is 0 Å². The molecule has 0 bridgehead atoms. The molecular formula is C19H22FN3O3S. The van der Waals surface area contributed by atoms with Gasteiger partial charge in [0.25, 0.3) is 15.9 Å². The van der Waals surface area contributed by atoms with Crippen molar-refractivity contribution >= 4 is 21.6 Å². The largest absolute Gasteiger partial charge is 0.349 e. The van der Waals surface area contributed by atoms with Gasteiger partial charge in [0.05, 0.1) is 4.90 Å². The highest BCUT2D eigenvalue weighted by Gasteiger charge is 2.21. The molecule has 6 nitrogen and oxygen atoms in total. The second-order valence-electron chi connectivity index (χ2n) is 6.69. The van der Waals surface area contributed by atoms with Gasteiger partial charge < -0.3 is 10.2 Å². The number of piperidine rings is 1. The van der Waals surface area contributed by atoms with Crippen LogP contribution in [-0.2, 0) is 10.0 Å². The summed E-state index contributed by atoms with van der Waals surface area (Å²) in [5, 5.41) is 2.97. The first-order valence-corrected chi connectivity index (χ1v) is 10.2. The number of anilines is 1. The van der Waals surface area contributed by atoms with Crippen LogP contribution in [0.15, 0.2) is 53.4 Å². The molecule has 0 saturated carbocycles. The van der Waals surface area contributed by atoms with E-state index in [1.165, 1.54) is 42.5 Å². The Bertz CT molecular complexity index is 908. The van der Waals surface area contributed by atoms with Crippen LogP contribution in [-0.4, -0.2) is 45.4 Å². The Morgan fingerprint density at radius 1 is 1.11 bits per heavy atom. The summed E-state index contributed by atoms with van der Waals surface area (Å²) in [5.74, 6) is -0.742. The molecule has 1 heterocycles. The average molecular weight is 391 g/mol. The summed E-state index contributed by atoms with van der Waals surface area (Å²) in [4.78, 5) is 14.7. The third-order valence-corrected chi connectivity index (χ3v) is 5.94. The number of carbonyl (C=O) groups excluding carboxylic acids is 1. The Morgan fingerprint density at radius 3 is 2.44 bits per heavy atom. The number of likely N-dealkylation sites (tertiary alicyclic amines) is 1. The summed E-state index contributed by atoms with van der Waals surface area (Å²) >= 11 is 0. The lowest BCUT2D eigenvalue weighted by molar-refractivity contribution is 0.0916. The fourth-order valence-electron chi connectivity index (χ4n) is 2.96. The third kappa shape index (κ3) is 5.05. The lowest BCUT2D eigenvalue weighted by Gasteiger charge is -2.29. The van der Waals surface area contributed by atoms with E-state index in [1.54, 1.807) is 6.07 Å². The first-order valence-electron chi connectivity index (χ1n) is 8.71. The van der Waals surface area contributed by atoms with Gasteiger partial charge in [-0.3, -0.25) is 9.52 Å². The van der Waals surface area contributed by atoms with Gasteiger partial charge in [0.15, 0.2) is 0 Å². The Hall–Kier alpha value is -2.45. The van der Waals surface area contributed by atoms with Crippen LogP contribution in [0.1, 0.15) is 23.2 Å². The minimum Gasteiger partial charge on any atom is -0.349 e. The Balaban J connectivity index is 1.72. The zero-order valence-corrected chi connectivity index (χ0v) is 15.8. The molecule has 0 unspecified atom stereocenters. The van der Waals surface area contributed by atoms with Crippen molar-refractivity contribution in [3.05, 3.63) is 59.9 Å². The third-order valence-electron chi connectivity index (χ3n) is 4.56. The van der Waals surface area contributed by atoms with E-state index in [1.807, 2.05) is 7.05 Å². The molecule has 0 radical (unpaired) electrons. The van der Waals surface area contributed by atoms with E-state index >= 15 is 0 Å². The van der Waals surface area contributed by atoms with Crippen LogP contribution in [0.5, 0.6) is 0 Å². The van der Waals surface area contributed by atoms with Gasteiger partial charge in [-0.2, -0.15) is 0 Å². The van der Waals surface area contributed by atoms with Crippen molar-refractivity contribution in [1.82, 2.24) is 10.2 Å². The predicted octanol–water partition coefficient (Wildman–Crippen LogP) is 2.45. The van der Waals surface area contributed by atoms with Gasteiger partial charge >= 0.3 is 0 Å². The standard InChI is InChI=1S/C19H22FN3O3S/c1-23-11-9-16(10-12-23)21-19(24)14-3-2-4-18(13-14)27(25,26)22-17-7-5-15(20)6-8-17/h2-8,13,16,22H,9-12H2,1H3,(H,21,24). The second kappa shape index (κ2) is 8.06. The van der Waals surface area contributed by atoms with Crippen molar-refractivity contribution in [3.8, 4) is 0 Å². The van der Waals surface area contributed by atoms with Crippen molar-refractivity contribution < 1.29 is 17.6 Å². The van der Waals surface area contributed by atoms with E-state index < -0.39 is 15.8 Å². The molecular weight excluding hydrogens is 369 g/mol. The Morgan fingerprint density at radius 2 is 1.78 bits per heavy atom. The SMILES string of the molecule is CN1CCC(NC(=O)c2cccc(S(=O)(=O)Nc3ccc(F)cc3)c2)CC1. The van der Waals surface area contributed by atoms with Gasteiger partial charge in [0, 0.05) is 17.3 Å². The Labute approximate surface area is 158 Å². The molecule has 0 aromatic heterocycles. The topological polar surface area (TPSA) is 78.5 Å². The minimum absolute atomic E-state index is 0.0251. The van der Waals surface area contributed by atoms with E-state index in [0.29, 0.717) is 0 Å². The quantitative estimate of drug-likeness (QED) is 0.821. The van der Waals surface area contributed by atoms with Crippen LogP contribution < -0.4 is 10.0 Å². The maximum absolute atomic E-state index is 13.0. The van der Waals surface area contributed by atoms with Crippen LogP contribution in [0.3, 0.4) is 0 Å². The number of amides is 1. The first-order chi connectivity index (χ1) is 12.8. The highest BCUT2D eigenvalue weighted by atomic mass is 32.2. The predicted molar refractivity (Wildman–Crippen MR) is 102 cm³/mol. The average Bonchev–Trinajstić information content (AvgIpc) is 2.65. The molecule has 0 spiro atoms. The monoisotopic (exact) mass is 391 g/mol. The fourth-order valence-corrected chi connectivity index (χ4v) is 4.06. The van der Waals surface area contributed by atoms with Crippen LogP contribution in [0.25, 0.3) is 0 Å². The lowest BCUT2D eigenvalue weighted by Crippen LogP contribution is -2.43. The maximum Gasteiger partial charge on any atom is 0.261 e. The van der Waals surface area contributed by atoms with Crippen LogP contribution in [0, 0.1) is 5.82 Å². The number of halogens is 1. The molecule has 2 aromatic carbocycles. The molecule has 1 amide bonds. The highest BCUT2D eigenvalue weighted by Crippen LogP contribution is 2.18. The number of sulfonamides is 1. The minimum atomic E-state index is -3.88. The molecule has 1 saturated heterocycles. The second-order valence-corrected chi connectivity index (χ2v) is 8.37. The van der Waals surface area contributed by atoms with Crippen LogP contribution in [0.4, 0.5) is 10.1 Å². The van der Waals surface area contributed by atoms with Crippen LogP contribution in [0.2, 0.25) is 0 Å². The molecule has 1 aliphatic rings. The number of rotatable bonds is 5. The molecule has 1 aliphatic heterocycles. The number of hydrogen-bond donors (Lipinski definition) is 2. The molecule has 0 atom stereocenters. The van der Waals surface area contributed by atoms with Crippen molar-refractivity contribution in [2.24, 2.45) is 0 Å². The van der Waals surface area contributed by atoms with Crippen molar-refractivity contribution in [2.75, 3.05) is 24.9 Å². The Kier molecular flexibility index (Phi) is 5.76. The van der Waals surface area contributed by atoms with Crippen molar-refractivity contribution in [1.29, 1.82) is 0 Å². The fraction of sp³-hybridized carbons (Fsp3) is 0.316. The van der Waals surface area contributed by atoms with E-state index in [-0.39, 0.29) is 28.1 Å². The molecule has 144 valence electrons. The molecule has 8 heteroatoms. The zero-order chi connectivity index (χ0) is 19.4. The van der Waals surface area contributed by atoms with Crippen molar-refractivity contribution in [2.45, 2.75) is 23.8 Å². The molecule has 27 heavy (non-hydrogen) atoms. The lowest BCUT2D eigenvalue weighted by atomic mass is 10.0. The summed E-state index contributed by atoms with van der Waals surface area (Å²) in [7, 11) is -1.84. The molecule has 0 aliphatic carbocycles. The maximum atomic E-state index is 13.0. The molecule has 2 N–H and O–H groups in total. The molecule has 1 fully saturated rings. The number of nitrogens with zero attached hydrogens (tertiary/aromatic N) is 1. The van der Waals surface area contributed by atoms with Gasteiger partial charge in [-0.25, -0.2) is 12.8 Å². The van der Waals surface area contributed by atoms with Crippen molar-refractivity contribution in [3.63, 3.8) is 0 Å². The van der Waals surface area contributed by atoms with Gasteiger partial charge in [-0.05, 0) is 75.4 Å². The summed E-state index contributed by atoms with van der Waals surface area (Å²) in [6.07, 6.45) is 1.73. The first kappa shape index (κ1) is 19.3. The van der Waals surface area contributed by atoms with E-state index in [9.17, 15) is 17.6 Å². The smallest absolute Gasteiger partial charge is 0.261 e. The normalized spacial score (nSPS) is 16.1. The summed E-state index contributed by atoms with van der Waals surface area (Å²) in [6.45, 7) is 1.84. The van der Waals surface area contributed by atoms with Gasteiger partial charge in [0.1, 0.15) is 5.82 Å². The zero-order valence-electron chi connectivity index (χ0n) is 15.0. The van der Waals surface area contributed by atoms with E-state index in [4.69, 9.17) is 0 Å². The number of carbonyl (C=O) groups is 1. The van der Waals surface area contributed by atoms with Gasteiger partial charge in [-0.15, -0.1) is 0 Å². The van der Waals surface area contributed by atoms with Gasteiger partial charge in [-0.1, -0.05) is 6.07 Å². The molecule has 2 aromatic rings. The van der Waals surface area contributed by atoms with Crippen LogP contribution >= 0.6 is 0 Å². The number of nitrogens with one attached hydrogen (secondary N) is 2. The number of hydrogen-bond acceptors (Lipinski definition) is 4. The van der Waals surface area contributed by atoms with E-state index in [0.717, 1.165) is 25.9 Å². The molecule has 3 rings (SSSR count). The summed E-state index contributed by atoms with van der Waals surface area (Å²) < 4.78 is 40.4. The van der Waals surface area contributed by atoms with E-state index in [2.05, 4.69) is 14.9 Å². The number of benzene rings is 2. The summed E-state index contributed by atoms with van der Waals surface area (Å²) in [5.41, 5.74) is 0.536.